The zero-order valence-corrected chi connectivity index (χ0v) is 10.1. The molecule has 1 aromatic carbocycles. The molecule has 6 nitrogen and oxygen atoms in total. The lowest BCUT2D eigenvalue weighted by molar-refractivity contribution is 0.101. The van der Waals surface area contributed by atoms with Gasteiger partial charge >= 0.3 is 0 Å². The minimum absolute atomic E-state index is 0.0851. The van der Waals surface area contributed by atoms with Crippen LogP contribution in [0.2, 0.25) is 0 Å². The summed E-state index contributed by atoms with van der Waals surface area (Å²) in [6.07, 6.45) is 0. The van der Waals surface area contributed by atoms with Crippen LogP contribution in [-0.4, -0.2) is 20.8 Å². The normalized spacial score (nSPS) is 10.3. The van der Waals surface area contributed by atoms with Gasteiger partial charge in [-0.2, -0.15) is 5.10 Å². The smallest absolute Gasteiger partial charge is 0.276 e. The highest BCUT2D eigenvalue weighted by atomic mass is 16.3. The summed E-state index contributed by atoms with van der Waals surface area (Å²) >= 11 is 0. The van der Waals surface area contributed by atoms with E-state index in [1.807, 2.05) is 0 Å². The Hall–Kier alpha value is -2.50. The molecule has 0 aliphatic carbocycles. The van der Waals surface area contributed by atoms with Crippen LogP contribution in [0, 0.1) is 6.92 Å². The number of aromatic nitrogens is 2. The number of nitrogens with two attached hydrogens (primary N) is 1. The van der Waals surface area contributed by atoms with Gasteiger partial charge in [0, 0.05) is 18.8 Å². The zero-order valence-electron chi connectivity index (χ0n) is 10.1. The second-order valence-electron chi connectivity index (χ2n) is 3.98. The summed E-state index contributed by atoms with van der Waals surface area (Å²) in [5.74, 6) is -0.275. The Morgan fingerprint density at radius 3 is 2.78 bits per heavy atom. The largest absolute Gasteiger partial charge is 0.508 e. The summed E-state index contributed by atoms with van der Waals surface area (Å²) in [6, 6.07) is 6.30. The van der Waals surface area contributed by atoms with Crippen LogP contribution in [-0.2, 0) is 7.05 Å². The Morgan fingerprint density at radius 1 is 1.50 bits per heavy atom. The van der Waals surface area contributed by atoms with Crippen LogP contribution in [0.4, 0.5) is 11.4 Å². The van der Waals surface area contributed by atoms with E-state index in [-0.39, 0.29) is 11.7 Å². The van der Waals surface area contributed by atoms with Gasteiger partial charge in [0.15, 0.2) is 0 Å². The van der Waals surface area contributed by atoms with Gasteiger partial charge in [-0.05, 0) is 19.1 Å². The van der Waals surface area contributed by atoms with Crippen molar-refractivity contribution in [2.24, 2.45) is 7.05 Å². The van der Waals surface area contributed by atoms with Crippen molar-refractivity contribution in [2.45, 2.75) is 6.92 Å². The van der Waals surface area contributed by atoms with Gasteiger partial charge in [-0.3, -0.25) is 9.48 Å². The van der Waals surface area contributed by atoms with Crippen LogP contribution in [0.25, 0.3) is 0 Å². The number of nitrogens with one attached hydrogen (secondary N) is 1. The number of aryl methyl sites for hydroxylation is 2. The maximum Gasteiger partial charge on any atom is 0.276 e. The van der Waals surface area contributed by atoms with Crippen molar-refractivity contribution >= 4 is 17.3 Å². The molecule has 18 heavy (non-hydrogen) atoms. The van der Waals surface area contributed by atoms with Crippen molar-refractivity contribution < 1.29 is 9.90 Å². The van der Waals surface area contributed by atoms with Crippen molar-refractivity contribution in [1.29, 1.82) is 0 Å². The molecule has 0 fully saturated rings. The van der Waals surface area contributed by atoms with Gasteiger partial charge in [-0.25, -0.2) is 0 Å². The molecule has 0 aliphatic rings. The van der Waals surface area contributed by atoms with Crippen molar-refractivity contribution in [3.05, 3.63) is 35.7 Å². The van der Waals surface area contributed by atoms with Gasteiger partial charge in [0.05, 0.1) is 11.4 Å². The molecule has 0 atom stereocenters. The minimum Gasteiger partial charge on any atom is -0.508 e. The van der Waals surface area contributed by atoms with E-state index in [0.717, 1.165) is 0 Å². The molecular formula is C12H14N4O2. The second-order valence-corrected chi connectivity index (χ2v) is 3.98. The molecule has 1 amide bonds. The van der Waals surface area contributed by atoms with Crippen molar-refractivity contribution in [1.82, 2.24) is 9.78 Å². The molecule has 0 bridgehead atoms. The number of phenolic OH excluding ortho intramolecular Hbond substituents is 1. The summed E-state index contributed by atoms with van der Waals surface area (Å²) in [5, 5.41) is 16.0. The predicted molar refractivity (Wildman–Crippen MR) is 68.4 cm³/mol. The number of rotatable bonds is 2. The third-order valence-electron chi connectivity index (χ3n) is 2.59. The number of nitrogen functional groups attached to an aromatic ring is 1. The molecule has 0 saturated heterocycles. The number of aromatic hydroxyl groups is 1. The van der Waals surface area contributed by atoms with Gasteiger partial charge in [-0.1, -0.05) is 6.07 Å². The fourth-order valence-electron chi connectivity index (χ4n) is 1.72. The Balaban J connectivity index is 2.27. The maximum atomic E-state index is 12.0. The number of hydrogen-bond acceptors (Lipinski definition) is 4. The fourth-order valence-corrected chi connectivity index (χ4v) is 1.72. The van der Waals surface area contributed by atoms with Gasteiger partial charge in [0.1, 0.15) is 11.4 Å². The van der Waals surface area contributed by atoms with Crippen LogP contribution in [0.5, 0.6) is 5.75 Å². The first kappa shape index (κ1) is 12.0. The molecule has 0 aliphatic heterocycles. The third-order valence-corrected chi connectivity index (χ3v) is 2.59. The second kappa shape index (κ2) is 4.40. The van der Waals surface area contributed by atoms with E-state index in [1.54, 1.807) is 26.1 Å². The molecule has 2 aromatic rings. The molecule has 0 spiro atoms. The minimum atomic E-state index is -0.360. The van der Waals surface area contributed by atoms with E-state index in [9.17, 15) is 9.90 Å². The number of carbonyl (C=O) groups is 1. The van der Waals surface area contributed by atoms with Crippen LogP contribution >= 0.6 is 0 Å². The Bertz CT molecular complexity index is 604. The van der Waals surface area contributed by atoms with E-state index in [2.05, 4.69) is 10.4 Å². The molecule has 6 heteroatoms. The topological polar surface area (TPSA) is 93.2 Å². The Morgan fingerprint density at radius 2 is 2.22 bits per heavy atom. The van der Waals surface area contributed by atoms with Crippen molar-refractivity contribution in [3.63, 3.8) is 0 Å². The summed E-state index contributed by atoms with van der Waals surface area (Å²) in [6.45, 7) is 1.74. The number of phenols is 1. The Kier molecular flexibility index (Phi) is 2.93. The van der Waals surface area contributed by atoms with Crippen molar-refractivity contribution in [3.8, 4) is 5.75 Å². The summed E-state index contributed by atoms with van der Waals surface area (Å²) in [4.78, 5) is 12.0. The summed E-state index contributed by atoms with van der Waals surface area (Å²) < 4.78 is 1.43. The molecule has 4 N–H and O–H groups in total. The molecule has 94 valence electrons. The number of benzene rings is 1. The van der Waals surface area contributed by atoms with Gasteiger partial charge in [-0.15, -0.1) is 0 Å². The molecule has 1 heterocycles. The Labute approximate surface area is 104 Å². The first-order valence-corrected chi connectivity index (χ1v) is 5.38. The number of carbonyl (C=O) groups excluding carboxylic acids is 1. The maximum absolute atomic E-state index is 12.0. The monoisotopic (exact) mass is 246 g/mol. The number of hydrogen-bond donors (Lipinski definition) is 3. The first-order chi connectivity index (χ1) is 8.49. The predicted octanol–water partition coefficient (Wildman–Crippen LogP) is 1.27. The number of amides is 1. The van der Waals surface area contributed by atoms with Crippen molar-refractivity contribution in [2.75, 3.05) is 11.1 Å². The fraction of sp³-hybridized carbons (Fsp3) is 0.167. The highest BCUT2D eigenvalue weighted by molar-refractivity contribution is 6.06. The lowest BCUT2D eigenvalue weighted by atomic mass is 10.2. The molecule has 2 rings (SSSR count). The number of nitrogens with zero attached hydrogens (tertiary/aromatic N) is 2. The molecular weight excluding hydrogens is 232 g/mol. The van der Waals surface area contributed by atoms with Crippen LogP contribution in [0.15, 0.2) is 24.3 Å². The molecule has 0 saturated carbocycles. The van der Waals surface area contributed by atoms with E-state index in [4.69, 9.17) is 5.73 Å². The van der Waals surface area contributed by atoms with E-state index >= 15 is 0 Å². The van der Waals surface area contributed by atoms with E-state index < -0.39 is 0 Å². The highest BCUT2D eigenvalue weighted by Gasteiger charge is 2.17. The van der Waals surface area contributed by atoms with Crippen LogP contribution < -0.4 is 11.1 Å². The zero-order chi connectivity index (χ0) is 13.3. The lowest BCUT2D eigenvalue weighted by Gasteiger charge is -2.06. The molecule has 1 aromatic heterocycles. The van der Waals surface area contributed by atoms with Gasteiger partial charge in [0.2, 0.25) is 0 Å². The summed E-state index contributed by atoms with van der Waals surface area (Å²) in [5.41, 5.74) is 7.56. The SMILES string of the molecule is Cc1nn(C)c(C(=O)Nc2cccc(O)c2)c1N. The van der Waals surface area contributed by atoms with Gasteiger partial charge in [0.25, 0.3) is 5.91 Å². The van der Waals surface area contributed by atoms with E-state index in [0.29, 0.717) is 22.8 Å². The highest BCUT2D eigenvalue weighted by Crippen LogP contribution is 2.19. The first-order valence-electron chi connectivity index (χ1n) is 5.38. The van der Waals surface area contributed by atoms with E-state index in [1.165, 1.54) is 16.8 Å². The average Bonchev–Trinajstić information content (AvgIpc) is 2.53. The van der Waals surface area contributed by atoms with Gasteiger partial charge < -0.3 is 16.2 Å². The average molecular weight is 246 g/mol. The summed E-state index contributed by atoms with van der Waals surface area (Å²) in [7, 11) is 1.65. The quantitative estimate of drug-likeness (QED) is 0.743. The third kappa shape index (κ3) is 2.13. The van der Waals surface area contributed by atoms with Crippen LogP contribution in [0.1, 0.15) is 16.2 Å². The van der Waals surface area contributed by atoms with Crippen LogP contribution in [0.3, 0.4) is 0 Å². The molecule has 0 unspecified atom stereocenters. The standard InChI is InChI=1S/C12H14N4O2/c1-7-10(13)11(16(2)15-7)12(18)14-8-4-3-5-9(17)6-8/h3-6,17H,13H2,1-2H3,(H,14,18). The molecule has 0 radical (unpaired) electrons. The lowest BCUT2D eigenvalue weighted by Crippen LogP contribution is -2.17. The number of anilines is 2.